The quantitative estimate of drug-likeness (QED) is 0.834. The Balaban J connectivity index is 2.16. The van der Waals surface area contributed by atoms with Crippen LogP contribution in [0, 0.1) is 6.92 Å². The van der Waals surface area contributed by atoms with Crippen LogP contribution in [-0.4, -0.2) is 18.4 Å². The molecule has 0 radical (unpaired) electrons. The van der Waals surface area contributed by atoms with Gasteiger partial charge < -0.3 is 10.2 Å². The summed E-state index contributed by atoms with van der Waals surface area (Å²) in [6.07, 6.45) is 0. The minimum atomic E-state index is -0.287. The fourth-order valence-electron chi connectivity index (χ4n) is 2.20. The molecule has 0 heterocycles. The molecule has 2 amide bonds. The van der Waals surface area contributed by atoms with Crippen LogP contribution in [0.1, 0.15) is 12.5 Å². The second-order valence-electron chi connectivity index (χ2n) is 5.09. The number of carbonyl (C=O) groups is 2. The van der Waals surface area contributed by atoms with Crippen molar-refractivity contribution in [3.63, 3.8) is 0 Å². The normalized spacial score (nSPS) is 10.3. The van der Waals surface area contributed by atoms with Gasteiger partial charge in [0, 0.05) is 27.8 Å². The van der Waals surface area contributed by atoms with E-state index >= 15 is 0 Å². The van der Waals surface area contributed by atoms with Gasteiger partial charge in [-0.15, -0.1) is 0 Å². The van der Waals surface area contributed by atoms with Gasteiger partial charge in [0.05, 0.1) is 0 Å². The second kappa shape index (κ2) is 7.62. The standard InChI is InChI=1S/C17H16BrClN2O2/c1-11-8-13(18)6-7-16(11)21(12(2)22)10-17(23)20-15-5-3-4-14(19)9-15/h3-9H,10H2,1-2H3,(H,20,23). The molecular weight excluding hydrogens is 380 g/mol. The van der Waals surface area contributed by atoms with Crippen LogP contribution < -0.4 is 10.2 Å². The molecule has 0 aliphatic heterocycles. The largest absolute Gasteiger partial charge is 0.324 e. The molecule has 2 rings (SSSR count). The fourth-order valence-corrected chi connectivity index (χ4v) is 2.86. The van der Waals surface area contributed by atoms with Crippen molar-refractivity contribution in [2.24, 2.45) is 0 Å². The van der Waals surface area contributed by atoms with Gasteiger partial charge in [-0.05, 0) is 48.9 Å². The first-order chi connectivity index (χ1) is 10.9. The summed E-state index contributed by atoms with van der Waals surface area (Å²) >= 11 is 9.28. The molecule has 0 spiro atoms. The highest BCUT2D eigenvalue weighted by Crippen LogP contribution is 2.24. The average molecular weight is 396 g/mol. The van der Waals surface area contributed by atoms with Crippen molar-refractivity contribution >= 4 is 50.7 Å². The number of aryl methyl sites for hydroxylation is 1. The van der Waals surface area contributed by atoms with Gasteiger partial charge in [-0.25, -0.2) is 0 Å². The highest BCUT2D eigenvalue weighted by Gasteiger charge is 2.17. The summed E-state index contributed by atoms with van der Waals surface area (Å²) in [6.45, 7) is 3.27. The van der Waals surface area contributed by atoms with E-state index in [4.69, 9.17) is 11.6 Å². The predicted octanol–water partition coefficient (Wildman–Crippen LogP) is 4.40. The first-order valence-electron chi connectivity index (χ1n) is 6.96. The van der Waals surface area contributed by atoms with Gasteiger partial charge in [0.15, 0.2) is 0 Å². The molecule has 0 atom stereocenters. The van der Waals surface area contributed by atoms with E-state index in [1.807, 2.05) is 25.1 Å². The van der Waals surface area contributed by atoms with Crippen LogP contribution >= 0.6 is 27.5 Å². The number of hydrogen-bond donors (Lipinski definition) is 1. The third-order valence-corrected chi connectivity index (χ3v) is 3.97. The molecule has 0 aromatic heterocycles. The van der Waals surface area contributed by atoms with Gasteiger partial charge in [0.25, 0.3) is 0 Å². The molecule has 0 fully saturated rings. The summed E-state index contributed by atoms with van der Waals surface area (Å²) in [6, 6.07) is 12.4. The Kier molecular flexibility index (Phi) is 5.80. The zero-order chi connectivity index (χ0) is 17.0. The number of amides is 2. The first-order valence-corrected chi connectivity index (χ1v) is 8.13. The second-order valence-corrected chi connectivity index (χ2v) is 6.45. The van der Waals surface area contributed by atoms with E-state index in [9.17, 15) is 9.59 Å². The van der Waals surface area contributed by atoms with Crippen LogP contribution in [0.3, 0.4) is 0 Å². The Morgan fingerprint density at radius 3 is 2.57 bits per heavy atom. The van der Waals surface area contributed by atoms with E-state index in [0.717, 1.165) is 10.0 Å². The third kappa shape index (κ3) is 4.81. The summed E-state index contributed by atoms with van der Waals surface area (Å²) in [5, 5.41) is 3.28. The lowest BCUT2D eigenvalue weighted by molar-refractivity contribution is -0.120. The van der Waals surface area contributed by atoms with Gasteiger partial charge in [-0.3, -0.25) is 9.59 Å². The van der Waals surface area contributed by atoms with E-state index in [1.165, 1.54) is 11.8 Å². The number of carbonyl (C=O) groups excluding carboxylic acids is 2. The van der Waals surface area contributed by atoms with E-state index in [1.54, 1.807) is 24.3 Å². The van der Waals surface area contributed by atoms with Crippen molar-refractivity contribution < 1.29 is 9.59 Å². The van der Waals surface area contributed by atoms with Crippen LogP contribution in [0.4, 0.5) is 11.4 Å². The molecule has 2 aromatic carbocycles. The number of benzene rings is 2. The molecule has 6 heteroatoms. The molecule has 0 saturated carbocycles. The van der Waals surface area contributed by atoms with Gasteiger partial charge in [-0.2, -0.15) is 0 Å². The Hall–Kier alpha value is -1.85. The number of halogens is 2. The fraction of sp³-hybridized carbons (Fsp3) is 0.176. The maximum absolute atomic E-state index is 12.2. The van der Waals surface area contributed by atoms with E-state index in [2.05, 4.69) is 21.2 Å². The van der Waals surface area contributed by atoms with Crippen LogP contribution in [0.15, 0.2) is 46.9 Å². The lowest BCUT2D eigenvalue weighted by Crippen LogP contribution is -2.37. The van der Waals surface area contributed by atoms with Crippen molar-refractivity contribution in [2.75, 3.05) is 16.8 Å². The molecule has 23 heavy (non-hydrogen) atoms. The van der Waals surface area contributed by atoms with E-state index in [0.29, 0.717) is 16.4 Å². The number of hydrogen-bond acceptors (Lipinski definition) is 2. The number of nitrogens with zero attached hydrogens (tertiary/aromatic N) is 1. The smallest absolute Gasteiger partial charge is 0.244 e. The molecule has 0 aliphatic rings. The SMILES string of the molecule is CC(=O)N(CC(=O)Nc1cccc(Cl)c1)c1ccc(Br)cc1C. The Labute approximate surface area is 148 Å². The Morgan fingerprint density at radius 1 is 1.22 bits per heavy atom. The molecule has 4 nitrogen and oxygen atoms in total. The summed E-state index contributed by atoms with van der Waals surface area (Å²) in [5.74, 6) is -0.485. The monoisotopic (exact) mass is 394 g/mol. The number of nitrogens with one attached hydrogen (secondary N) is 1. The van der Waals surface area contributed by atoms with Crippen molar-refractivity contribution in [1.29, 1.82) is 0 Å². The van der Waals surface area contributed by atoms with E-state index < -0.39 is 0 Å². The molecule has 0 bridgehead atoms. The average Bonchev–Trinajstić information content (AvgIpc) is 2.45. The van der Waals surface area contributed by atoms with Gasteiger partial charge in [0.2, 0.25) is 11.8 Å². The van der Waals surface area contributed by atoms with E-state index in [-0.39, 0.29) is 18.4 Å². The maximum Gasteiger partial charge on any atom is 0.244 e. The molecule has 120 valence electrons. The van der Waals surface area contributed by atoms with Crippen LogP contribution in [0.25, 0.3) is 0 Å². The van der Waals surface area contributed by atoms with Gasteiger partial charge in [0.1, 0.15) is 6.54 Å². The minimum Gasteiger partial charge on any atom is -0.324 e. The Morgan fingerprint density at radius 2 is 1.96 bits per heavy atom. The van der Waals surface area contributed by atoms with Crippen molar-refractivity contribution in [3.05, 3.63) is 57.5 Å². The van der Waals surface area contributed by atoms with Crippen LogP contribution in [0.2, 0.25) is 5.02 Å². The summed E-state index contributed by atoms with van der Waals surface area (Å²) < 4.78 is 0.922. The zero-order valence-corrected chi connectivity index (χ0v) is 15.1. The molecule has 0 saturated heterocycles. The van der Waals surface area contributed by atoms with Crippen molar-refractivity contribution in [1.82, 2.24) is 0 Å². The molecular formula is C17H16BrClN2O2. The van der Waals surface area contributed by atoms with Crippen LogP contribution in [0.5, 0.6) is 0 Å². The van der Waals surface area contributed by atoms with Crippen LogP contribution in [-0.2, 0) is 9.59 Å². The summed E-state index contributed by atoms with van der Waals surface area (Å²) in [7, 11) is 0. The lowest BCUT2D eigenvalue weighted by atomic mass is 10.2. The third-order valence-electron chi connectivity index (χ3n) is 3.24. The molecule has 2 aromatic rings. The predicted molar refractivity (Wildman–Crippen MR) is 97.0 cm³/mol. The molecule has 0 unspecified atom stereocenters. The Bertz CT molecular complexity index is 749. The van der Waals surface area contributed by atoms with Crippen molar-refractivity contribution in [2.45, 2.75) is 13.8 Å². The molecule has 0 aliphatic carbocycles. The highest BCUT2D eigenvalue weighted by molar-refractivity contribution is 9.10. The summed E-state index contributed by atoms with van der Waals surface area (Å²) in [4.78, 5) is 25.6. The number of rotatable bonds is 4. The lowest BCUT2D eigenvalue weighted by Gasteiger charge is -2.22. The number of anilines is 2. The van der Waals surface area contributed by atoms with Gasteiger partial charge >= 0.3 is 0 Å². The van der Waals surface area contributed by atoms with Crippen molar-refractivity contribution in [3.8, 4) is 0 Å². The first kappa shape index (κ1) is 17.5. The summed E-state index contributed by atoms with van der Waals surface area (Å²) in [5.41, 5.74) is 2.21. The van der Waals surface area contributed by atoms with Gasteiger partial charge in [-0.1, -0.05) is 33.6 Å². The topological polar surface area (TPSA) is 49.4 Å². The highest BCUT2D eigenvalue weighted by atomic mass is 79.9. The minimum absolute atomic E-state index is 0.0652. The zero-order valence-electron chi connectivity index (χ0n) is 12.8. The maximum atomic E-state index is 12.2. The molecule has 1 N–H and O–H groups in total.